The molecule has 0 aliphatic heterocycles. The number of nitrogens with two attached hydrogens (primary N) is 3. The first-order valence-corrected chi connectivity index (χ1v) is 15.2. The second-order valence-electron chi connectivity index (χ2n) is 12.5. The third-order valence-electron chi connectivity index (χ3n) is 7.91. The number of nitrogens with zero attached hydrogens (tertiary/aromatic N) is 4. The number of benzene rings is 4. The molecule has 0 aliphatic carbocycles. The molecule has 0 unspecified atom stereocenters. The van der Waals surface area contributed by atoms with E-state index in [4.69, 9.17) is 17.4 Å². The van der Waals surface area contributed by atoms with Crippen molar-refractivity contribution in [3.63, 3.8) is 0 Å². The van der Waals surface area contributed by atoms with Crippen LogP contribution in [0.25, 0.3) is 44.6 Å². The number of aryl methyl sites for hydroxylation is 1. The molecule has 4 aromatic carbocycles. The van der Waals surface area contributed by atoms with Gasteiger partial charge in [0, 0.05) is 16.8 Å². The van der Waals surface area contributed by atoms with Crippen LogP contribution in [0, 0.1) is 0 Å². The lowest BCUT2D eigenvalue weighted by molar-refractivity contribution is -0.137. The van der Waals surface area contributed by atoms with E-state index in [-0.39, 0.29) is 27.7 Å². The quantitative estimate of drug-likeness (QED) is 0.147. The van der Waals surface area contributed by atoms with Crippen LogP contribution in [0.5, 0.6) is 0 Å². The van der Waals surface area contributed by atoms with E-state index in [9.17, 15) is 22.8 Å². The third-order valence-corrected chi connectivity index (χ3v) is 7.91. The fourth-order valence-electron chi connectivity index (χ4n) is 5.23. The molecule has 0 atom stereocenters. The zero-order chi connectivity index (χ0) is 35.0. The second-order valence-corrected chi connectivity index (χ2v) is 12.5. The normalized spacial score (nSPS) is 11.8. The Hall–Kier alpha value is -5.65. The lowest BCUT2D eigenvalue weighted by Crippen LogP contribution is -2.30. The first-order chi connectivity index (χ1) is 22.6. The van der Waals surface area contributed by atoms with Gasteiger partial charge in [-0.25, -0.2) is 19.3 Å². The summed E-state index contributed by atoms with van der Waals surface area (Å²) in [5.41, 5.74) is 8.88. The third kappa shape index (κ3) is 6.87. The molecule has 0 amide bonds. The van der Waals surface area contributed by atoms with E-state index in [1.165, 1.54) is 5.56 Å². The summed E-state index contributed by atoms with van der Waals surface area (Å²) in [6.07, 6.45) is -2.60. The van der Waals surface area contributed by atoms with Crippen LogP contribution in [-0.2, 0) is 18.0 Å². The van der Waals surface area contributed by atoms with Crippen LogP contribution >= 0.6 is 0 Å². The molecular weight excluding hydrogens is 619 g/mol. The molecule has 6 rings (SSSR count). The molecule has 9 nitrogen and oxygen atoms in total. The molecule has 0 bridgehead atoms. The zero-order valence-electron chi connectivity index (χ0n) is 27.0. The summed E-state index contributed by atoms with van der Waals surface area (Å²) in [5, 5.41) is 0.499. The van der Waals surface area contributed by atoms with Gasteiger partial charge in [-0.1, -0.05) is 82.6 Å². The molecule has 0 fully saturated rings. The van der Waals surface area contributed by atoms with Gasteiger partial charge >= 0.3 is 6.18 Å². The van der Waals surface area contributed by atoms with Crippen molar-refractivity contribution in [2.45, 2.75) is 52.1 Å². The lowest BCUT2D eigenvalue weighted by atomic mass is 9.86. The summed E-state index contributed by atoms with van der Waals surface area (Å²) < 4.78 is 40.7. The smallest absolute Gasteiger partial charge is 0.399 e. The van der Waals surface area contributed by atoms with Crippen molar-refractivity contribution in [3.05, 3.63) is 122 Å². The Morgan fingerprint density at radius 1 is 0.667 bits per heavy atom. The molecule has 2 heterocycles. The number of nitrogen functional groups attached to an aromatic ring is 3. The summed E-state index contributed by atoms with van der Waals surface area (Å²) in [6, 6.07) is 23.1. The van der Waals surface area contributed by atoms with E-state index in [2.05, 4.69) is 37.7 Å². The zero-order valence-corrected chi connectivity index (χ0v) is 27.0. The molecule has 0 aliphatic rings. The van der Waals surface area contributed by atoms with Crippen LogP contribution in [0.1, 0.15) is 50.8 Å². The average Bonchev–Trinajstić information content (AvgIpc) is 3.04. The average molecular weight is 656 g/mol. The summed E-state index contributed by atoms with van der Waals surface area (Å²) in [6.45, 7) is 8.52. The maximum atomic E-state index is 12.9. The summed E-state index contributed by atoms with van der Waals surface area (Å²) in [4.78, 5) is 33.5. The van der Waals surface area contributed by atoms with Gasteiger partial charge in [-0.15, -0.1) is 0 Å². The van der Waals surface area contributed by atoms with Gasteiger partial charge in [-0.2, -0.15) is 13.2 Å². The first-order valence-electron chi connectivity index (χ1n) is 15.2. The van der Waals surface area contributed by atoms with Gasteiger partial charge in [0.1, 0.15) is 0 Å². The minimum absolute atomic E-state index is 0.0332. The van der Waals surface area contributed by atoms with Gasteiger partial charge in [0.15, 0.2) is 11.6 Å². The number of fused-ring (bicyclic) bond motifs is 2. The summed E-state index contributed by atoms with van der Waals surface area (Å²) >= 11 is 0. The van der Waals surface area contributed by atoms with Crippen LogP contribution < -0.4 is 28.5 Å². The molecular formula is C36H36F3N7O2. The van der Waals surface area contributed by atoms with Crippen LogP contribution in [0.3, 0.4) is 0 Å². The van der Waals surface area contributed by atoms with Gasteiger partial charge in [0.25, 0.3) is 11.1 Å². The van der Waals surface area contributed by atoms with E-state index >= 15 is 0 Å². The van der Waals surface area contributed by atoms with E-state index in [0.29, 0.717) is 28.0 Å². The monoisotopic (exact) mass is 655 g/mol. The van der Waals surface area contributed by atoms with Crippen LogP contribution in [-0.4, -0.2) is 19.3 Å². The van der Waals surface area contributed by atoms with Crippen molar-refractivity contribution in [2.75, 3.05) is 17.4 Å². The molecule has 0 saturated heterocycles. The summed E-state index contributed by atoms with van der Waals surface area (Å²) in [7, 11) is 0. The Labute approximate surface area is 274 Å². The number of hydrogen-bond acceptors (Lipinski definition) is 7. The Bertz CT molecular complexity index is 2230. The molecule has 2 aromatic heterocycles. The minimum atomic E-state index is -4.50. The van der Waals surface area contributed by atoms with E-state index in [1.54, 1.807) is 30.3 Å². The fourth-order valence-corrected chi connectivity index (χ4v) is 5.23. The van der Waals surface area contributed by atoms with E-state index in [0.717, 1.165) is 51.5 Å². The van der Waals surface area contributed by atoms with Crippen molar-refractivity contribution in [1.82, 2.24) is 19.3 Å². The molecule has 0 saturated carbocycles. The second kappa shape index (κ2) is 12.9. The minimum Gasteiger partial charge on any atom is -0.399 e. The fraction of sp³-hybridized carbons (Fsp3) is 0.222. The first kappa shape index (κ1) is 33.7. The van der Waals surface area contributed by atoms with Crippen molar-refractivity contribution in [1.29, 1.82) is 0 Å². The highest BCUT2D eigenvalue weighted by molar-refractivity contribution is 5.83. The predicted molar refractivity (Wildman–Crippen MR) is 185 cm³/mol. The van der Waals surface area contributed by atoms with Crippen molar-refractivity contribution >= 4 is 27.5 Å². The van der Waals surface area contributed by atoms with Crippen LogP contribution in [0.2, 0.25) is 0 Å². The number of anilines is 1. The van der Waals surface area contributed by atoms with Gasteiger partial charge in [-0.05, 0) is 59.4 Å². The molecule has 0 radical (unpaired) electrons. The number of aromatic nitrogens is 4. The van der Waals surface area contributed by atoms with Crippen LogP contribution in [0.15, 0.2) is 94.5 Å². The van der Waals surface area contributed by atoms with Crippen molar-refractivity contribution in [3.8, 4) is 22.8 Å². The lowest BCUT2D eigenvalue weighted by Gasteiger charge is -2.19. The maximum absolute atomic E-state index is 12.9. The number of rotatable bonds is 4. The highest BCUT2D eigenvalue weighted by Gasteiger charge is 2.31. The molecule has 6 aromatic rings. The van der Waals surface area contributed by atoms with E-state index < -0.39 is 17.3 Å². The Kier molecular flexibility index (Phi) is 9.03. The van der Waals surface area contributed by atoms with Crippen molar-refractivity contribution in [2.24, 2.45) is 0 Å². The molecule has 248 valence electrons. The largest absolute Gasteiger partial charge is 0.416 e. The van der Waals surface area contributed by atoms with Gasteiger partial charge < -0.3 is 17.4 Å². The molecule has 0 spiro atoms. The molecule has 12 heteroatoms. The maximum Gasteiger partial charge on any atom is 0.416 e. The predicted octanol–water partition coefficient (Wildman–Crippen LogP) is 6.41. The highest BCUT2D eigenvalue weighted by atomic mass is 19.4. The Morgan fingerprint density at radius 3 is 1.60 bits per heavy atom. The highest BCUT2D eigenvalue weighted by Crippen LogP contribution is 2.31. The number of alkyl halides is 3. The number of halogens is 3. The Balaban J connectivity index is 0.000000188. The van der Waals surface area contributed by atoms with Gasteiger partial charge in [0.05, 0.1) is 27.4 Å². The van der Waals surface area contributed by atoms with E-state index in [1.807, 2.05) is 36.4 Å². The molecule has 6 N–H and O–H groups in total. The topological polar surface area (TPSA) is 148 Å². The SMILES string of the molecule is CC(C)(C)c1ccc(-c2nc3cc(N)ccc3c(=O)n2N)cc1.CCCc1ccc(-c2nc3cc(C(F)(F)F)ccc3c(=O)n2N)cc1. The van der Waals surface area contributed by atoms with Crippen LogP contribution in [0.4, 0.5) is 18.9 Å². The van der Waals surface area contributed by atoms with Gasteiger partial charge in [0.2, 0.25) is 0 Å². The Morgan fingerprint density at radius 2 is 1.12 bits per heavy atom. The standard InChI is InChI=1S/C18H16F3N3O.C18H20N4O/c1-2-3-11-4-6-12(7-5-11)16-23-15-10-13(18(19,20)21)8-9-14(15)17(25)24(16)22;1-18(2,3)12-6-4-11(5-7-12)16-21-15-10-13(19)8-9-14(15)17(23)22(16)20/h4-10H,2-3,22H2,1H3;4-10H,19-20H2,1-3H3. The molecule has 48 heavy (non-hydrogen) atoms. The van der Waals surface area contributed by atoms with Gasteiger partial charge in [-0.3, -0.25) is 9.59 Å². The van der Waals surface area contributed by atoms with Crippen molar-refractivity contribution < 1.29 is 13.2 Å². The number of hydrogen-bond donors (Lipinski definition) is 3. The summed E-state index contributed by atoms with van der Waals surface area (Å²) in [5.74, 6) is 12.3.